The van der Waals surface area contributed by atoms with Crippen LogP contribution in [0.25, 0.3) is 16.7 Å². The molecule has 0 aliphatic rings. The Balaban J connectivity index is 1.89. The number of ether oxygens (including phenoxy) is 2. The number of anilines is 1. The Morgan fingerprint density at radius 3 is 2.52 bits per heavy atom. The molecule has 0 atom stereocenters. The van der Waals surface area contributed by atoms with E-state index in [4.69, 9.17) is 14.5 Å². The third kappa shape index (κ3) is 3.86. The minimum absolute atomic E-state index is 0.0100. The van der Waals surface area contributed by atoms with Crippen molar-refractivity contribution in [3.63, 3.8) is 0 Å². The zero-order valence-electron chi connectivity index (χ0n) is 16.0. The first-order valence-corrected chi connectivity index (χ1v) is 8.81. The monoisotopic (exact) mass is 372 g/mol. The highest BCUT2D eigenvalue weighted by atomic mass is 16.5. The lowest BCUT2D eigenvalue weighted by Crippen LogP contribution is -2.21. The molecule has 0 spiro atoms. The molecule has 0 bridgehead atoms. The first-order chi connectivity index (χ1) is 13.0. The van der Waals surface area contributed by atoms with Gasteiger partial charge in [-0.25, -0.2) is 4.98 Å². The van der Waals surface area contributed by atoms with Crippen molar-refractivity contribution >= 4 is 28.4 Å². The maximum Gasteiger partial charge on any atom is 0.216 e. The predicted octanol–water partition coefficient (Wildman–Crippen LogP) is 1.93. The summed E-state index contributed by atoms with van der Waals surface area (Å²) in [5, 5.41) is 14.6. The maximum atomic E-state index is 10.9. The second-order valence-electron chi connectivity index (χ2n) is 6.18. The average molecular weight is 372 g/mol. The minimum atomic E-state index is -0.0100. The number of rotatable bonds is 8. The van der Waals surface area contributed by atoms with E-state index in [2.05, 4.69) is 20.8 Å². The summed E-state index contributed by atoms with van der Waals surface area (Å²) < 4.78 is 12.7. The Morgan fingerprint density at radius 2 is 1.81 bits per heavy atom. The van der Waals surface area contributed by atoms with Crippen LogP contribution in [-0.4, -0.2) is 52.8 Å². The fourth-order valence-corrected chi connectivity index (χ4v) is 2.94. The third-order valence-corrected chi connectivity index (χ3v) is 4.26. The van der Waals surface area contributed by atoms with Crippen LogP contribution in [0.4, 0.5) is 5.82 Å². The molecule has 27 heavy (non-hydrogen) atoms. The van der Waals surface area contributed by atoms with E-state index in [0.29, 0.717) is 36.1 Å². The zero-order valence-corrected chi connectivity index (χ0v) is 16.0. The van der Waals surface area contributed by atoms with Crippen molar-refractivity contribution in [2.24, 2.45) is 0 Å². The fourth-order valence-electron chi connectivity index (χ4n) is 2.94. The van der Waals surface area contributed by atoms with Gasteiger partial charge in [0.1, 0.15) is 5.82 Å². The molecule has 2 heterocycles. The molecule has 9 heteroatoms. The number of hydrogen-bond donors (Lipinski definition) is 2. The number of unbranched alkanes of at least 4 members (excludes halogenated alkanes) is 1. The Labute approximate surface area is 157 Å². The molecule has 0 saturated heterocycles. The number of hydrogen-bond acceptors (Lipinski definition) is 7. The Kier molecular flexibility index (Phi) is 5.58. The van der Waals surface area contributed by atoms with Crippen LogP contribution in [0.15, 0.2) is 12.1 Å². The highest BCUT2D eigenvalue weighted by molar-refractivity contribution is 5.85. The van der Waals surface area contributed by atoms with E-state index in [0.717, 1.165) is 29.7 Å². The van der Waals surface area contributed by atoms with Gasteiger partial charge in [-0.1, -0.05) is 0 Å². The van der Waals surface area contributed by atoms with Gasteiger partial charge in [-0.3, -0.25) is 9.20 Å². The van der Waals surface area contributed by atoms with Gasteiger partial charge in [0.2, 0.25) is 11.6 Å². The van der Waals surface area contributed by atoms with Crippen LogP contribution in [0.5, 0.6) is 11.5 Å². The summed E-state index contributed by atoms with van der Waals surface area (Å²) in [4.78, 5) is 15.6. The smallest absolute Gasteiger partial charge is 0.216 e. The van der Waals surface area contributed by atoms with Crippen molar-refractivity contribution in [2.45, 2.75) is 26.7 Å². The molecule has 3 rings (SSSR count). The van der Waals surface area contributed by atoms with Gasteiger partial charge in [0.05, 0.1) is 25.3 Å². The average Bonchev–Trinajstić information content (AvgIpc) is 3.05. The third-order valence-electron chi connectivity index (χ3n) is 4.26. The van der Waals surface area contributed by atoms with E-state index in [1.807, 2.05) is 23.5 Å². The Hall–Kier alpha value is -3.10. The number of carbonyl (C=O) groups excluding carboxylic acids is 1. The van der Waals surface area contributed by atoms with Crippen molar-refractivity contribution in [1.29, 1.82) is 0 Å². The summed E-state index contributed by atoms with van der Waals surface area (Å²) >= 11 is 0. The van der Waals surface area contributed by atoms with Gasteiger partial charge < -0.3 is 20.1 Å². The van der Waals surface area contributed by atoms with Crippen LogP contribution in [-0.2, 0) is 4.79 Å². The van der Waals surface area contributed by atoms with Crippen molar-refractivity contribution in [2.75, 3.05) is 32.6 Å². The number of nitrogens with zero attached hydrogens (tertiary/aromatic N) is 4. The molecule has 0 aliphatic carbocycles. The van der Waals surface area contributed by atoms with Gasteiger partial charge in [-0.2, -0.15) is 0 Å². The molecule has 1 amide bonds. The number of amides is 1. The molecule has 0 unspecified atom stereocenters. The number of aryl methyl sites for hydroxylation is 1. The summed E-state index contributed by atoms with van der Waals surface area (Å²) in [7, 11) is 3.20. The van der Waals surface area contributed by atoms with Crippen LogP contribution in [0.3, 0.4) is 0 Å². The largest absolute Gasteiger partial charge is 0.493 e. The van der Waals surface area contributed by atoms with E-state index in [-0.39, 0.29) is 5.91 Å². The maximum absolute atomic E-state index is 10.9. The fraction of sp³-hybridized carbons (Fsp3) is 0.444. The zero-order chi connectivity index (χ0) is 19.4. The van der Waals surface area contributed by atoms with Crippen LogP contribution in [0.1, 0.15) is 25.6 Å². The van der Waals surface area contributed by atoms with Gasteiger partial charge in [0.25, 0.3) is 0 Å². The number of fused-ring (bicyclic) bond motifs is 3. The molecular formula is C18H24N6O3. The number of benzene rings is 1. The number of nitrogens with one attached hydrogen (secondary N) is 2. The molecule has 9 nitrogen and oxygen atoms in total. The predicted molar refractivity (Wildman–Crippen MR) is 103 cm³/mol. The highest BCUT2D eigenvalue weighted by Crippen LogP contribution is 2.33. The molecule has 1 aromatic carbocycles. The Bertz CT molecular complexity index is 969. The summed E-state index contributed by atoms with van der Waals surface area (Å²) in [6.07, 6.45) is 1.78. The first kappa shape index (κ1) is 18.7. The number of methoxy groups -OCH3 is 2. The van der Waals surface area contributed by atoms with Gasteiger partial charge in [-0.15, -0.1) is 10.2 Å². The molecule has 0 saturated carbocycles. The highest BCUT2D eigenvalue weighted by Gasteiger charge is 2.16. The Morgan fingerprint density at radius 1 is 1.11 bits per heavy atom. The van der Waals surface area contributed by atoms with Gasteiger partial charge in [0, 0.05) is 32.1 Å². The molecule has 0 radical (unpaired) electrons. The van der Waals surface area contributed by atoms with Crippen LogP contribution in [0, 0.1) is 6.92 Å². The molecular weight excluding hydrogens is 348 g/mol. The van der Waals surface area contributed by atoms with E-state index >= 15 is 0 Å². The quantitative estimate of drug-likeness (QED) is 0.582. The standard InChI is InChI=1S/C18H24N6O3/c1-11-22-23-18-17(20-8-6-5-7-19-12(2)25)21-13-9-15(26-3)16(27-4)10-14(13)24(11)18/h9-10H,5-8H2,1-4H3,(H,19,25)(H,20,21). The minimum Gasteiger partial charge on any atom is -0.493 e. The SMILES string of the molecule is COc1cc2nc(NCCCCNC(C)=O)c3nnc(C)n3c2cc1OC. The summed E-state index contributed by atoms with van der Waals surface area (Å²) in [5.41, 5.74) is 2.26. The second kappa shape index (κ2) is 8.07. The first-order valence-electron chi connectivity index (χ1n) is 8.81. The lowest BCUT2D eigenvalue weighted by atomic mass is 10.2. The number of aromatic nitrogens is 4. The molecule has 2 N–H and O–H groups in total. The normalized spacial score (nSPS) is 11.0. The molecule has 144 valence electrons. The van der Waals surface area contributed by atoms with Crippen molar-refractivity contribution in [3.8, 4) is 11.5 Å². The summed E-state index contributed by atoms with van der Waals surface area (Å²) in [5.74, 6) is 2.65. The van der Waals surface area contributed by atoms with Gasteiger partial charge in [-0.05, 0) is 19.8 Å². The van der Waals surface area contributed by atoms with Gasteiger partial charge in [0.15, 0.2) is 17.3 Å². The second-order valence-corrected chi connectivity index (χ2v) is 6.18. The summed E-state index contributed by atoms with van der Waals surface area (Å²) in [6, 6.07) is 3.72. The van der Waals surface area contributed by atoms with E-state index < -0.39 is 0 Å². The van der Waals surface area contributed by atoms with Crippen molar-refractivity contribution in [1.82, 2.24) is 24.9 Å². The van der Waals surface area contributed by atoms with Crippen LogP contribution in [0.2, 0.25) is 0 Å². The number of carbonyl (C=O) groups is 1. The van der Waals surface area contributed by atoms with E-state index in [1.54, 1.807) is 14.2 Å². The molecule has 3 aromatic rings. The molecule has 0 aliphatic heterocycles. The summed E-state index contributed by atoms with van der Waals surface area (Å²) in [6.45, 7) is 4.80. The van der Waals surface area contributed by atoms with Crippen molar-refractivity contribution in [3.05, 3.63) is 18.0 Å². The van der Waals surface area contributed by atoms with Crippen LogP contribution < -0.4 is 20.1 Å². The van der Waals surface area contributed by atoms with E-state index in [1.165, 1.54) is 6.92 Å². The van der Waals surface area contributed by atoms with Crippen LogP contribution >= 0.6 is 0 Å². The van der Waals surface area contributed by atoms with Crippen molar-refractivity contribution < 1.29 is 14.3 Å². The lowest BCUT2D eigenvalue weighted by molar-refractivity contribution is -0.118. The topological polar surface area (TPSA) is 103 Å². The van der Waals surface area contributed by atoms with E-state index in [9.17, 15) is 4.79 Å². The molecule has 0 fully saturated rings. The molecule has 2 aromatic heterocycles. The van der Waals surface area contributed by atoms with Gasteiger partial charge >= 0.3 is 0 Å². The lowest BCUT2D eigenvalue weighted by Gasteiger charge is -2.13.